The number of carboxylic acid groups (broad SMARTS) is 1. The first kappa shape index (κ1) is 15.3. The molecule has 0 unspecified atom stereocenters. The van der Waals surface area contributed by atoms with Gasteiger partial charge in [-0.3, -0.25) is 4.90 Å². The van der Waals surface area contributed by atoms with Crippen LogP contribution in [0.25, 0.3) is 6.08 Å². The fourth-order valence-corrected chi connectivity index (χ4v) is 1.69. The summed E-state index contributed by atoms with van der Waals surface area (Å²) in [6, 6.07) is 4.61. The predicted molar refractivity (Wildman–Crippen MR) is 71.1 cm³/mol. The van der Waals surface area contributed by atoms with Crippen LogP contribution in [0.4, 0.5) is 4.39 Å². The number of aliphatic carboxylic acids is 1. The molecule has 0 aliphatic heterocycles. The number of halogens is 1. The van der Waals surface area contributed by atoms with Crippen LogP contribution in [0.3, 0.4) is 0 Å². The fraction of sp³-hybridized carbons (Fsp3) is 0.357. The molecule has 4 nitrogen and oxygen atoms in total. The van der Waals surface area contributed by atoms with Crippen LogP contribution in [0, 0.1) is 5.82 Å². The highest BCUT2D eigenvalue weighted by Gasteiger charge is 2.07. The molecule has 0 bridgehead atoms. The van der Waals surface area contributed by atoms with Crippen molar-refractivity contribution in [3.63, 3.8) is 0 Å². The van der Waals surface area contributed by atoms with Crippen LogP contribution in [0.1, 0.15) is 18.1 Å². The molecule has 0 aromatic heterocycles. The summed E-state index contributed by atoms with van der Waals surface area (Å²) >= 11 is 0. The average Bonchev–Trinajstić information content (AvgIpc) is 2.38. The topological polar surface area (TPSA) is 60.8 Å². The number of likely N-dealkylation sites (N-methyl/N-ethyl adjacent to an activating group) is 1. The summed E-state index contributed by atoms with van der Waals surface area (Å²) in [7, 11) is 0. The summed E-state index contributed by atoms with van der Waals surface area (Å²) in [4.78, 5) is 12.3. The minimum Gasteiger partial charge on any atom is -0.478 e. The van der Waals surface area contributed by atoms with E-state index in [-0.39, 0.29) is 12.4 Å². The summed E-state index contributed by atoms with van der Waals surface area (Å²) in [5.41, 5.74) is 1.04. The number of hydrogen-bond donors (Lipinski definition) is 2. The van der Waals surface area contributed by atoms with Crippen LogP contribution < -0.4 is 0 Å². The monoisotopic (exact) mass is 267 g/mol. The molecule has 0 radical (unpaired) electrons. The summed E-state index contributed by atoms with van der Waals surface area (Å²) < 4.78 is 13.8. The second-order valence-corrected chi connectivity index (χ2v) is 4.11. The summed E-state index contributed by atoms with van der Waals surface area (Å²) in [5.74, 6) is -1.44. The van der Waals surface area contributed by atoms with Gasteiger partial charge in [-0.05, 0) is 24.3 Å². The highest BCUT2D eigenvalue weighted by atomic mass is 19.1. The Morgan fingerprint density at radius 2 is 2.21 bits per heavy atom. The number of benzene rings is 1. The molecule has 104 valence electrons. The zero-order valence-electron chi connectivity index (χ0n) is 10.8. The average molecular weight is 267 g/mol. The summed E-state index contributed by atoms with van der Waals surface area (Å²) in [6.45, 7) is 3.62. The molecule has 19 heavy (non-hydrogen) atoms. The SMILES string of the molecule is CCN(CCO)Cc1ccc(C=CC(=O)O)cc1F. The Labute approximate surface area is 111 Å². The highest BCUT2D eigenvalue weighted by molar-refractivity contribution is 5.85. The van der Waals surface area contributed by atoms with E-state index in [0.717, 1.165) is 12.6 Å². The number of aliphatic hydroxyl groups excluding tert-OH is 1. The van der Waals surface area contributed by atoms with Crippen molar-refractivity contribution in [2.75, 3.05) is 19.7 Å². The van der Waals surface area contributed by atoms with E-state index in [9.17, 15) is 9.18 Å². The maximum Gasteiger partial charge on any atom is 0.328 e. The zero-order chi connectivity index (χ0) is 14.3. The Hall–Kier alpha value is -1.72. The van der Waals surface area contributed by atoms with Gasteiger partial charge in [0, 0.05) is 24.7 Å². The molecule has 1 aromatic rings. The van der Waals surface area contributed by atoms with Gasteiger partial charge in [0.25, 0.3) is 0 Å². The highest BCUT2D eigenvalue weighted by Crippen LogP contribution is 2.14. The Morgan fingerprint density at radius 1 is 1.47 bits per heavy atom. The summed E-state index contributed by atoms with van der Waals surface area (Å²) in [6.07, 6.45) is 2.32. The largest absolute Gasteiger partial charge is 0.478 e. The third kappa shape index (κ3) is 5.19. The van der Waals surface area contributed by atoms with Gasteiger partial charge < -0.3 is 10.2 Å². The van der Waals surface area contributed by atoms with Crippen LogP contribution in [-0.2, 0) is 11.3 Å². The maximum absolute atomic E-state index is 13.8. The van der Waals surface area contributed by atoms with Crippen LogP contribution in [0.5, 0.6) is 0 Å². The molecule has 0 aliphatic carbocycles. The summed E-state index contributed by atoms with van der Waals surface area (Å²) in [5, 5.41) is 17.4. The Kier molecular flexibility index (Phi) is 6.18. The Balaban J connectivity index is 2.79. The Morgan fingerprint density at radius 3 is 2.74 bits per heavy atom. The second-order valence-electron chi connectivity index (χ2n) is 4.11. The zero-order valence-corrected chi connectivity index (χ0v) is 10.8. The standard InChI is InChI=1S/C14H18FNO3/c1-2-16(7-8-17)10-12-5-3-11(9-13(12)15)4-6-14(18)19/h3-6,9,17H,2,7-8,10H2,1H3,(H,18,19). The van der Waals surface area contributed by atoms with Gasteiger partial charge in [0.05, 0.1) is 6.61 Å². The lowest BCUT2D eigenvalue weighted by Crippen LogP contribution is -2.26. The van der Waals surface area contributed by atoms with Crippen molar-refractivity contribution >= 4 is 12.0 Å². The predicted octanol–water partition coefficient (Wildman–Crippen LogP) is 1.74. The van der Waals surface area contributed by atoms with E-state index in [1.54, 1.807) is 12.1 Å². The third-order valence-electron chi connectivity index (χ3n) is 2.75. The number of rotatable bonds is 7. The number of carboxylic acids is 1. The fourth-order valence-electron chi connectivity index (χ4n) is 1.69. The lowest BCUT2D eigenvalue weighted by molar-refractivity contribution is -0.131. The molecule has 1 aromatic carbocycles. The van der Waals surface area contributed by atoms with Gasteiger partial charge in [-0.15, -0.1) is 0 Å². The minimum absolute atomic E-state index is 0.0366. The number of aliphatic hydroxyl groups is 1. The van der Waals surface area contributed by atoms with Gasteiger partial charge in [0.2, 0.25) is 0 Å². The van der Waals surface area contributed by atoms with E-state index in [4.69, 9.17) is 10.2 Å². The van der Waals surface area contributed by atoms with Gasteiger partial charge >= 0.3 is 5.97 Å². The first-order valence-electron chi connectivity index (χ1n) is 6.09. The van der Waals surface area contributed by atoms with Gasteiger partial charge in [-0.1, -0.05) is 19.1 Å². The first-order chi connectivity index (χ1) is 9.06. The molecule has 0 saturated heterocycles. The van der Waals surface area contributed by atoms with Crippen molar-refractivity contribution in [2.24, 2.45) is 0 Å². The van der Waals surface area contributed by atoms with Crippen molar-refractivity contribution in [2.45, 2.75) is 13.5 Å². The van der Waals surface area contributed by atoms with Crippen LogP contribution in [0.15, 0.2) is 24.3 Å². The van der Waals surface area contributed by atoms with E-state index in [1.165, 1.54) is 12.1 Å². The molecule has 0 aliphatic rings. The normalized spacial score (nSPS) is 11.4. The van der Waals surface area contributed by atoms with Crippen LogP contribution >= 0.6 is 0 Å². The van der Waals surface area contributed by atoms with E-state index in [2.05, 4.69) is 0 Å². The van der Waals surface area contributed by atoms with Gasteiger partial charge in [-0.25, -0.2) is 9.18 Å². The number of nitrogens with zero attached hydrogens (tertiary/aromatic N) is 1. The third-order valence-corrected chi connectivity index (χ3v) is 2.75. The Bertz CT molecular complexity index is 460. The minimum atomic E-state index is -1.07. The molecule has 0 fully saturated rings. The van der Waals surface area contributed by atoms with E-state index >= 15 is 0 Å². The lowest BCUT2D eigenvalue weighted by atomic mass is 10.1. The van der Waals surface area contributed by atoms with Crippen LogP contribution in [-0.4, -0.2) is 40.8 Å². The molecule has 1 rings (SSSR count). The van der Waals surface area contributed by atoms with Crippen molar-refractivity contribution in [1.29, 1.82) is 0 Å². The van der Waals surface area contributed by atoms with Gasteiger partial charge in [0.15, 0.2) is 0 Å². The number of hydrogen-bond acceptors (Lipinski definition) is 3. The quantitative estimate of drug-likeness (QED) is 0.739. The van der Waals surface area contributed by atoms with E-state index in [1.807, 2.05) is 11.8 Å². The van der Waals surface area contributed by atoms with Crippen molar-refractivity contribution in [1.82, 2.24) is 4.90 Å². The number of carbonyl (C=O) groups is 1. The molecule has 5 heteroatoms. The van der Waals surface area contributed by atoms with E-state index < -0.39 is 5.97 Å². The molecule has 0 heterocycles. The van der Waals surface area contributed by atoms with Crippen molar-refractivity contribution < 1.29 is 19.4 Å². The molecule has 2 N–H and O–H groups in total. The smallest absolute Gasteiger partial charge is 0.328 e. The lowest BCUT2D eigenvalue weighted by Gasteiger charge is -2.19. The molecule has 0 saturated carbocycles. The second kappa shape index (κ2) is 7.66. The van der Waals surface area contributed by atoms with Crippen molar-refractivity contribution in [3.05, 3.63) is 41.2 Å². The molecular weight excluding hydrogens is 249 g/mol. The van der Waals surface area contributed by atoms with Gasteiger partial charge in [-0.2, -0.15) is 0 Å². The molecular formula is C14H18FNO3. The van der Waals surface area contributed by atoms with Crippen molar-refractivity contribution in [3.8, 4) is 0 Å². The molecule has 0 amide bonds. The first-order valence-corrected chi connectivity index (χ1v) is 6.09. The maximum atomic E-state index is 13.8. The van der Waals surface area contributed by atoms with E-state index in [0.29, 0.717) is 24.2 Å². The molecule has 0 atom stereocenters. The van der Waals surface area contributed by atoms with Gasteiger partial charge in [0.1, 0.15) is 5.82 Å². The van der Waals surface area contributed by atoms with Crippen LogP contribution in [0.2, 0.25) is 0 Å². The molecule has 0 spiro atoms.